The van der Waals surface area contributed by atoms with E-state index < -0.39 is 18.1 Å². The molecule has 2 atom stereocenters. The number of anilines is 1. The number of benzene rings is 1. The van der Waals surface area contributed by atoms with E-state index in [9.17, 15) is 4.79 Å². The lowest BCUT2D eigenvalue weighted by Gasteiger charge is -2.27. The summed E-state index contributed by atoms with van der Waals surface area (Å²) < 4.78 is 40.0. The molecule has 3 fully saturated rings. The van der Waals surface area contributed by atoms with Crippen LogP contribution >= 0.6 is 11.6 Å². The molecule has 6 bridgehead atoms. The molecule has 2 saturated heterocycles. The van der Waals surface area contributed by atoms with Crippen LogP contribution in [0.5, 0.6) is 6.01 Å². The Morgan fingerprint density at radius 2 is 2.02 bits per heavy atom. The predicted octanol–water partition coefficient (Wildman–Crippen LogP) is 5.70. The second kappa shape index (κ2) is 13.0. The number of ether oxygens (including phenoxy) is 4. The highest BCUT2D eigenvalue weighted by Gasteiger charge is 2.52. The van der Waals surface area contributed by atoms with Crippen LogP contribution in [0.4, 0.5) is 15.0 Å². The fraction of sp³-hybridized carbons (Fsp3) is 0.545. The molecular weight excluding hydrogens is 629 g/mol. The average Bonchev–Trinajstić information content (AvgIpc) is 3.70. The van der Waals surface area contributed by atoms with Crippen LogP contribution in [0, 0.1) is 5.82 Å². The Kier molecular flexibility index (Phi) is 8.79. The van der Waals surface area contributed by atoms with Gasteiger partial charge in [-0.2, -0.15) is 15.1 Å². The van der Waals surface area contributed by atoms with Crippen LogP contribution in [0.2, 0.25) is 5.02 Å². The Balaban J connectivity index is 0.00000172. The van der Waals surface area contributed by atoms with E-state index >= 15 is 4.39 Å². The molecule has 0 amide bonds. The summed E-state index contributed by atoms with van der Waals surface area (Å²) in [5, 5.41) is 8.59. The van der Waals surface area contributed by atoms with Crippen LogP contribution < -0.4 is 9.64 Å². The van der Waals surface area contributed by atoms with Gasteiger partial charge >= 0.3 is 12.2 Å². The van der Waals surface area contributed by atoms with Gasteiger partial charge in [0.25, 0.3) is 0 Å². The smallest absolute Gasteiger partial charge is 0.462 e. The summed E-state index contributed by atoms with van der Waals surface area (Å²) in [6.45, 7) is 5.69. The van der Waals surface area contributed by atoms with Gasteiger partial charge in [-0.3, -0.25) is 15.0 Å². The van der Waals surface area contributed by atoms with E-state index in [2.05, 4.69) is 32.1 Å². The predicted molar refractivity (Wildman–Crippen MR) is 175 cm³/mol. The number of aromatic nitrogens is 5. The van der Waals surface area contributed by atoms with Crippen molar-refractivity contribution in [2.75, 3.05) is 51.5 Å². The van der Waals surface area contributed by atoms with Crippen LogP contribution in [0.1, 0.15) is 51.5 Å². The number of carbonyl (C=O) groups is 1. The van der Waals surface area contributed by atoms with Gasteiger partial charge in [-0.15, -0.1) is 0 Å². The molecule has 5 aliphatic rings. The topological polar surface area (TPSA) is 128 Å². The molecule has 1 N–H and O–H groups in total. The first-order valence-electron chi connectivity index (χ1n) is 16.4. The fourth-order valence-corrected chi connectivity index (χ4v) is 7.34. The number of pyridine rings is 1. The third-order valence-corrected chi connectivity index (χ3v) is 10.1. The quantitative estimate of drug-likeness (QED) is 0.270. The number of rotatable bonds is 3. The first kappa shape index (κ1) is 31.8. The van der Waals surface area contributed by atoms with E-state index in [0.717, 1.165) is 12.8 Å². The molecule has 4 aliphatic heterocycles. The van der Waals surface area contributed by atoms with Crippen LogP contribution in [0.15, 0.2) is 18.5 Å². The highest BCUT2D eigenvalue weighted by Crippen LogP contribution is 2.51. The Morgan fingerprint density at radius 3 is 2.83 bits per heavy atom. The van der Waals surface area contributed by atoms with Gasteiger partial charge in [0.15, 0.2) is 5.82 Å². The lowest BCUT2D eigenvalue weighted by atomic mass is 9.95. The Hall–Kier alpha value is -3.81. The second-order valence-corrected chi connectivity index (χ2v) is 12.8. The Bertz CT molecular complexity index is 1800. The van der Waals surface area contributed by atoms with E-state index in [0.29, 0.717) is 76.4 Å². The normalized spacial score (nSPS) is 22.5. The molecular formula is C33H39ClFN7O5. The number of H-pyrrole nitrogens is 1. The molecule has 12 nitrogen and oxygen atoms in total. The van der Waals surface area contributed by atoms with Gasteiger partial charge in [0.05, 0.1) is 43.5 Å². The lowest BCUT2D eigenvalue weighted by Crippen LogP contribution is -2.37. The third kappa shape index (κ3) is 5.93. The summed E-state index contributed by atoms with van der Waals surface area (Å²) >= 11 is 6.76. The maximum absolute atomic E-state index is 16.9. The van der Waals surface area contributed by atoms with E-state index in [4.69, 9.17) is 35.5 Å². The number of aromatic amines is 1. The maximum atomic E-state index is 16.9. The molecule has 1 saturated carbocycles. The van der Waals surface area contributed by atoms with Crippen LogP contribution in [0.3, 0.4) is 0 Å². The van der Waals surface area contributed by atoms with Crippen molar-refractivity contribution >= 4 is 45.4 Å². The molecule has 4 aromatic rings. The minimum atomic E-state index is -0.781. The zero-order valence-electron chi connectivity index (χ0n) is 26.9. The molecule has 47 heavy (non-hydrogen) atoms. The van der Waals surface area contributed by atoms with Crippen LogP contribution in [-0.2, 0) is 20.6 Å². The van der Waals surface area contributed by atoms with E-state index in [1.54, 1.807) is 18.5 Å². The number of nitrogens with one attached hydrogen (secondary N) is 1. The molecule has 7 heterocycles. The summed E-state index contributed by atoms with van der Waals surface area (Å²) in [4.78, 5) is 31.0. The zero-order chi connectivity index (χ0) is 32.7. The Labute approximate surface area is 276 Å². The van der Waals surface area contributed by atoms with E-state index in [-0.39, 0.29) is 43.0 Å². The number of hydrogen-bond acceptors (Lipinski definition) is 11. The van der Waals surface area contributed by atoms with Crippen LogP contribution in [-0.4, -0.2) is 100 Å². The van der Waals surface area contributed by atoms with Gasteiger partial charge in [-0.1, -0.05) is 25.4 Å². The van der Waals surface area contributed by atoms with E-state index in [1.165, 1.54) is 12.8 Å². The first-order chi connectivity index (χ1) is 22.9. The Morgan fingerprint density at radius 1 is 1.17 bits per heavy atom. The fourth-order valence-electron chi connectivity index (χ4n) is 7.04. The van der Waals surface area contributed by atoms with Crippen molar-refractivity contribution in [2.24, 2.45) is 0 Å². The van der Waals surface area contributed by atoms with Crippen molar-refractivity contribution in [3.63, 3.8) is 0 Å². The molecule has 1 aliphatic carbocycles. The number of fused-ring (bicyclic) bond motifs is 7. The second-order valence-electron chi connectivity index (χ2n) is 12.4. The SMILES string of the molecule is CC.CN1C(COc2nc3c4cnc(c(F)c4n2)-c2c(c(Cl)cc4[nH]ncc24)CCCOC(=O)OC2COCCN3C2)CCC12CC2. The third-order valence-electron chi connectivity index (χ3n) is 9.74. The van der Waals surface area contributed by atoms with Crippen LogP contribution in [0.25, 0.3) is 33.1 Å². The number of likely N-dealkylation sites (N-methyl/N-ethyl adjacent to an activating group) is 1. The summed E-state index contributed by atoms with van der Waals surface area (Å²) in [7, 11) is 2.15. The largest absolute Gasteiger partial charge is 0.508 e. The number of nitrogens with zero attached hydrogens (tertiary/aromatic N) is 6. The van der Waals surface area contributed by atoms with Gasteiger partial charge in [0, 0.05) is 40.3 Å². The van der Waals surface area contributed by atoms with Crippen molar-refractivity contribution in [3.8, 4) is 17.3 Å². The number of likely N-dealkylation sites (tertiary alicyclic amines) is 1. The average molecular weight is 668 g/mol. The molecule has 9 rings (SSSR count). The lowest BCUT2D eigenvalue weighted by molar-refractivity contribution is -0.00448. The van der Waals surface area contributed by atoms with Crippen molar-refractivity contribution in [3.05, 3.63) is 34.9 Å². The molecule has 14 heteroatoms. The number of hydrogen-bond donors (Lipinski definition) is 1. The standard InChI is InChI=1S/C31H33ClFN7O5.C2H6/c1-39-17(4-5-31(39)6-7-31)15-44-29-36-26-21-12-34-27(25(26)33)24-19(22(32)11-23-20(24)13-35-38-23)3-2-9-43-30(41)45-18-14-40(28(21)37-29)8-10-42-16-18;1-2/h11-13,17-18H,2-10,14-16H2,1H3,(H,35,38);1-2H3. The zero-order valence-corrected chi connectivity index (χ0v) is 27.6. The van der Waals surface area contributed by atoms with Gasteiger partial charge in [0.2, 0.25) is 0 Å². The number of carbonyl (C=O) groups excluding carboxylic acids is 1. The summed E-state index contributed by atoms with van der Waals surface area (Å²) in [5.74, 6) is -0.190. The van der Waals surface area contributed by atoms with Gasteiger partial charge in [-0.25, -0.2) is 9.18 Å². The highest BCUT2D eigenvalue weighted by atomic mass is 35.5. The van der Waals surface area contributed by atoms with Crippen molar-refractivity contribution in [1.29, 1.82) is 0 Å². The monoisotopic (exact) mass is 667 g/mol. The first-order valence-corrected chi connectivity index (χ1v) is 16.8. The van der Waals surface area contributed by atoms with Gasteiger partial charge in [0.1, 0.15) is 29.7 Å². The number of halogens is 2. The minimum absolute atomic E-state index is 0.0710. The molecule has 3 aromatic heterocycles. The highest BCUT2D eigenvalue weighted by molar-refractivity contribution is 6.33. The summed E-state index contributed by atoms with van der Waals surface area (Å²) in [6.07, 6.45) is 7.21. The van der Waals surface area contributed by atoms with Crippen molar-refractivity contribution < 1.29 is 28.1 Å². The summed E-state index contributed by atoms with van der Waals surface area (Å²) in [6, 6.07) is 2.05. The van der Waals surface area contributed by atoms with Gasteiger partial charge < -0.3 is 23.8 Å². The molecule has 2 unspecified atom stereocenters. The molecule has 0 radical (unpaired) electrons. The molecule has 250 valence electrons. The maximum Gasteiger partial charge on any atom is 0.508 e. The van der Waals surface area contributed by atoms with Gasteiger partial charge in [-0.05, 0) is 57.2 Å². The van der Waals surface area contributed by atoms with E-state index in [1.807, 2.05) is 18.7 Å². The van der Waals surface area contributed by atoms with Crippen molar-refractivity contribution in [2.45, 2.75) is 70.1 Å². The minimum Gasteiger partial charge on any atom is -0.462 e. The van der Waals surface area contributed by atoms with Crippen molar-refractivity contribution in [1.82, 2.24) is 30.0 Å². The molecule has 1 aromatic carbocycles. The summed E-state index contributed by atoms with van der Waals surface area (Å²) in [5.41, 5.74) is 2.29. The molecule has 1 spiro atoms.